The van der Waals surface area contributed by atoms with Crippen LogP contribution in [0.4, 0.5) is 0 Å². The lowest BCUT2D eigenvalue weighted by Crippen LogP contribution is -2.29. The monoisotopic (exact) mass is 878 g/mol. The van der Waals surface area contributed by atoms with Crippen LogP contribution in [0.25, 0.3) is 0 Å². The molecule has 0 spiro atoms. The SMILES string of the molecule is CC/C=C\C[C@H](O)/C=C/C=C\C=C\[C@H](O)C/C=C\C/C=C\CCC(=O)O[C@H](COC(=O)CCCCCCCCCCC/C=C\CCCCCCCC)COP(=O)(O)OCCN. The molecule has 0 aliphatic rings. The number of rotatable bonds is 42. The number of esters is 2. The number of aliphatic hydroxyl groups excluding tert-OH is 2. The summed E-state index contributed by atoms with van der Waals surface area (Å²) in [7, 11) is -4.43. The second-order valence-electron chi connectivity index (χ2n) is 15.3. The molecule has 0 fully saturated rings. The Morgan fingerprint density at radius 2 is 1.11 bits per heavy atom. The summed E-state index contributed by atoms with van der Waals surface area (Å²) in [6.07, 6.45) is 48.3. The number of phosphoric ester groups is 1. The number of unbranched alkanes of at least 4 members (excludes halogenated alkanes) is 15. The number of phosphoric acid groups is 1. The fraction of sp³-hybridized carbons (Fsp3) is 0.673. The van der Waals surface area contributed by atoms with Gasteiger partial charge < -0.3 is 30.3 Å². The molecule has 0 aliphatic heterocycles. The quantitative estimate of drug-likeness (QED) is 0.0151. The van der Waals surface area contributed by atoms with Gasteiger partial charge in [0, 0.05) is 19.4 Å². The number of ether oxygens (including phenoxy) is 2. The topological polar surface area (TPSA) is 175 Å². The standard InChI is InChI=1S/C49H84NO10P/c1-3-5-7-8-9-10-11-12-13-14-15-16-17-18-19-20-21-25-33-39-48(53)57-43-47(44-59-61(55,56)58-42-41-50)60-49(54)40-34-26-23-22-24-30-36-46(52)38-32-28-27-31-37-45(51)35-29-6-4-2/h6,12-13,23-24,26-32,37-38,45-47,51-52H,3-5,7-11,14-22,25,33-36,39-44,50H2,1-2H3,(H,55,56)/b13-12-,26-23-,28-27-,29-6-,30-24-,37-31+,38-32+/t45-,46+,47+/m0/s1. The lowest BCUT2D eigenvalue weighted by Gasteiger charge is -2.19. The number of carbonyl (C=O) groups excluding carboxylic acids is 2. The Balaban J connectivity index is 4.35. The molecule has 0 aromatic rings. The molecule has 5 N–H and O–H groups in total. The fourth-order valence-electron chi connectivity index (χ4n) is 5.95. The van der Waals surface area contributed by atoms with Crippen molar-refractivity contribution >= 4 is 19.8 Å². The van der Waals surface area contributed by atoms with Crippen molar-refractivity contribution in [2.75, 3.05) is 26.4 Å². The highest BCUT2D eigenvalue weighted by molar-refractivity contribution is 7.47. The van der Waals surface area contributed by atoms with E-state index in [0.717, 1.165) is 25.7 Å². The molecule has 0 saturated heterocycles. The maximum Gasteiger partial charge on any atom is 0.472 e. The Morgan fingerprint density at radius 3 is 1.69 bits per heavy atom. The van der Waals surface area contributed by atoms with Crippen LogP contribution in [0.5, 0.6) is 0 Å². The van der Waals surface area contributed by atoms with Crippen LogP contribution in [0.15, 0.2) is 85.1 Å². The zero-order valence-corrected chi connectivity index (χ0v) is 38.7. The third kappa shape index (κ3) is 43.5. The number of nitrogens with two attached hydrogens (primary N) is 1. The maximum atomic E-state index is 12.6. The minimum absolute atomic E-state index is 0.0195. The van der Waals surface area contributed by atoms with Crippen LogP contribution < -0.4 is 5.73 Å². The number of carbonyl (C=O) groups is 2. The zero-order chi connectivity index (χ0) is 44.9. The lowest BCUT2D eigenvalue weighted by atomic mass is 10.1. The van der Waals surface area contributed by atoms with Gasteiger partial charge in [-0.25, -0.2) is 4.57 Å². The molecule has 350 valence electrons. The van der Waals surface area contributed by atoms with Crippen LogP contribution in [0, 0.1) is 0 Å². The van der Waals surface area contributed by atoms with Gasteiger partial charge in [-0.05, 0) is 64.2 Å². The van der Waals surface area contributed by atoms with Crippen molar-refractivity contribution in [3.63, 3.8) is 0 Å². The summed E-state index contributed by atoms with van der Waals surface area (Å²) >= 11 is 0. The molecule has 1 unspecified atom stereocenters. The third-order valence-electron chi connectivity index (χ3n) is 9.44. The normalized spacial score (nSPS) is 15.0. The summed E-state index contributed by atoms with van der Waals surface area (Å²) in [6.45, 7) is 3.32. The average Bonchev–Trinajstić information content (AvgIpc) is 3.24. The van der Waals surface area contributed by atoms with E-state index in [9.17, 15) is 29.3 Å². The Labute approximate surface area is 369 Å². The molecule has 0 rings (SSSR count). The summed E-state index contributed by atoms with van der Waals surface area (Å²) < 4.78 is 32.7. The van der Waals surface area contributed by atoms with Gasteiger partial charge in [0.2, 0.25) is 0 Å². The van der Waals surface area contributed by atoms with Crippen LogP contribution in [-0.2, 0) is 32.7 Å². The van der Waals surface area contributed by atoms with E-state index in [4.69, 9.17) is 24.3 Å². The number of allylic oxidation sites excluding steroid dienone is 10. The van der Waals surface area contributed by atoms with Crippen molar-refractivity contribution < 1.29 is 47.8 Å². The molecule has 0 radical (unpaired) electrons. The van der Waals surface area contributed by atoms with E-state index in [1.165, 1.54) is 83.5 Å². The van der Waals surface area contributed by atoms with E-state index in [1.807, 2.05) is 43.4 Å². The highest BCUT2D eigenvalue weighted by Gasteiger charge is 2.25. The Kier molecular flexibility index (Phi) is 41.7. The van der Waals surface area contributed by atoms with Gasteiger partial charge in [0.25, 0.3) is 0 Å². The first kappa shape index (κ1) is 58.1. The Morgan fingerprint density at radius 1 is 0.590 bits per heavy atom. The van der Waals surface area contributed by atoms with Crippen molar-refractivity contribution in [2.45, 2.75) is 186 Å². The van der Waals surface area contributed by atoms with Gasteiger partial charge in [-0.1, -0.05) is 176 Å². The molecule has 0 aliphatic carbocycles. The van der Waals surface area contributed by atoms with E-state index in [-0.39, 0.29) is 32.6 Å². The minimum atomic E-state index is -4.43. The zero-order valence-electron chi connectivity index (χ0n) is 37.8. The molecule has 0 aromatic heterocycles. The highest BCUT2D eigenvalue weighted by atomic mass is 31.2. The van der Waals surface area contributed by atoms with Gasteiger partial charge in [0.15, 0.2) is 6.10 Å². The van der Waals surface area contributed by atoms with Gasteiger partial charge in [0.05, 0.1) is 25.4 Å². The summed E-state index contributed by atoms with van der Waals surface area (Å²) in [5, 5.41) is 20.0. The molecular weight excluding hydrogens is 794 g/mol. The highest BCUT2D eigenvalue weighted by Crippen LogP contribution is 2.43. The smallest absolute Gasteiger partial charge is 0.462 e. The van der Waals surface area contributed by atoms with Crippen LogP contribution >= 0.6 is 7.82 Å². The lowest BCUT2D eigenvalue weighted by molar-refractivity contribution is -0.161. The van der Waals surface area contributed by atoms with Crippen LogP contribution in [0.3, 0.4) is 0 Å². The summed E-state index contributed by atoms with van der Waals surface area (Å²) in [6, 6.07) is 0. The molecular formula is C49H84NO10P. The minimum Gasteiger partial charge on any atom is -0.462 e. The maximum absolute atomic E-state index is 12.6. The van der Waals surface area contributed by atoms with Crippen LogP contribution in [0.1, 0.15) is 168 Å². The van der Waals surface area contributed by atoms with Gasteiger partial charge >= 0.3 is 19.8 Å². The van der Waals surface area contributed by atoms with Gasteiger partial charge in [-0.15, -0.1) is 0 Å². The molecule has 61 heavy (non-hydrogen) atoms. The Hall–Kier alpha value is -2.89. The molecule has 0 amide bonds. The largest absolute Gasteiger partial charge is 0.472 e. The van der Waals surface area contributed by atoms with E-state index >= 15 is 0 Å². The average molecular weight is 878 g/mol. The van der Waals surface area contributed by atoms with Crippen LogP contribution in [0.2, 0.25) is 0 Å². The molecule has 0 saturated carbocycles. The Bertz CT molecular complexity index is 1310. The second-order valence-corrected chi connectivity index (χ2v) is 16.7. The molecule has 4 atom stereocenters. The van der Waals surface area contributed by atoms with Gasteiger partial charge in [-0.2, -0.15) is 0 Å². The summed E-state index contributed by atoms with van der Waals surface area (Å²) in [5.74, 6) is -1.00. The third-order valence-corrected chi connectivity index (χ3v) is 10.4. The van der Waals surface area contributed by atoms with Crippen molar-refractivity contribution in [2.24, 2.45) is 5.73 Å². The van der Waals surface area contributed by atoms with E-state index in [0.29, 0.717) is 32.1 Å². The molecule has 0 heterocycles. The molecule has 0 aromatic carbocycles. The first-order valence-electron chi connectivity index (χ1n) is 23.3. The van der Waals surface area contributed by atoms with Crippen molar-refractivity contribution in [3.05, 3.63) is 85.1 Å². The van der Waals surface area contributed by atoms with Crippen molar-refractivity contribution in [1.29, 1.82) is 0 Å². The molecule has 11 nitrogen and oxygen atoms in total. The molecule has 12 heteroatoms. The number of hydrogen-bond donors (Lipinski definition) is 4. The summed E-state index contributed by atoms with van der Waals surface area (Å²) in [5.41, 5.74) is 5.34. The van der Waals surface area contributed by atoms with E-state index in [2.05, 4.69) is 19.1 Å². The summed E-state index contributed by atoms with van der Waals surface area (Å²) in [4.78, 5) is 34.9. The second kappa shape index (κ2) is 43.7. The number of aliphatic hydroxyl groups is 2. The van der Waals surface area contributed by atoms with Gasteiger partial charge in [-0.3, -0.25) is 18.6 Å². The fourth-order valence-corrected chi connectivity index (χ4v) is 6.71. The van der Waals surface area contributed by atoms with Crippen LogP contribution in [-0.4, -0.2) is 71.7 Å². The predicted molar refractivity (Wildman–Crippen MR) is 250 cm³/mol. The van der Waals surface area contributed by atoms with Crippen molar-refractivity contribution in [3.8, 4) is 0 Å². The van der Waals surface area contributed by atoms with Crippen molar-refractivity contribution in [1.82, 2.24) is 0 Å². The van der Waals surface area contributed by atoms with Gasteiger partial charge in [0.1, 0.15) is 6.61 Å². The van der Waals surface area contributed by atoms with E-state index < -0.39 is 44.7 Å². The molecule has 0 bridgehead atoms. The predicted octanol–water partition coefficient (Wildman–Crippen LogP) is 11.6. The van der Waals surface area contributed by atoms with E-state index in [1.54, 1.807) is 36.5 Å². The number of hydrogen-bond acceptors (Lipinski definition) is 10. The first-order chi connectivity index (χ1) is 29.6. The first-order valence-corrected chi connectivity index (χ1v) is 24.8.